The summed E-state index contributed by atoms with van der Waals surface area (Å²) >= 11 is 5.84. The molecule has 1 aliphatic carbocycles. The molecule has 108 valence electrons. The van der Waals surface area contributed by atoms with Crippen molar-refractivity contribution in [2.75, 3.05) is 13.1 Å². The van der Waals surface area contributed by atoms with Crippen LogP contribution >= 0.6 is 11.6 Å². The van der Waals surface area contributed by atoms with Gasteiger partial charge in [-0.2, -0.15) is 0 Å². The molecule has 1 N–H and O–H groups in total. The SMILES string of the molecule is O=C(c1cccc(Cl)n1)N1CCC2(O)CCCCC2C1. The van der Waals surface area contributed by atoms with Crippen LogP contribution in [0.5, 0.6) is 0 Å². The molecule has 1 saturated heterocycles. The van der Waals surface area contributed by atoms with Gasteiger partial charge in [0.2, 0.25) is 0 Å². The van der Waals surface area contributed by atoms with Crippen molar-refractivity contribution in [3.05, 3.63) is 29.0 Å². The lowest BCUT2D eigenvalue weighted by Crippen LogP contribution is -2.54. The average Bonchev–Trinajstić information content (AvgIpc) is 2.45. The summed E-state index contributed by atoms with van der Waals surface area (Å²) in [5, 5.41) is 11.0. The number of aromatic nitrogens is 1. The highest BCUT2D eigenvalue weighted by Crippen LogP contribution is 2.39. The molecule has 1 aromatic heterocycles. The Morgan fingerprint density at radius 1 is 1.40 bits per heavy atom. The van der Waals surface area contributed by atoms with Crippen molar-refractivity contribution in [1.29, 1.82) is 0 Å². The lowest BCUT2D eigenvalue weighted by Gasteiger charge is -2.47. The minimum absolute atomic E-state index is 0.0832. The molecule has 2 fully saturated rings. The van der Waals surface area contributed by atoms with E-state index in [0.29, 0.717) is 30.4 Å². The van der Waals surface area contributed by atoms with Crippen molar-refractivity contribution in [2.24, 2.45) is 5.92 Å². The molecule has 0 spiro atoms. The molecule has 1 aliphatic heterocycles. The van der Waals surface area contributed by atoms with E-state index in [1.807, 2.05) is 4.90 Å². The third-order valence-electron chi connectivity index (χ3n) is 4.65. The number of halogens is 1. The standard InChI is InChI=1S/C15H19ClN2O2/c16-13-6-3-5-12(17-13)14(19)18-9-8-15(20)7-2-1-4-11(15)10-18/h3,5-6,11,20H,1-2,4,7-10H2. The zero-order valence-corrected chi connectivity index (χ0v) is 12.1. The Kier molecular flexibility index (Phi) is 3.69. The summed E-state index contributed by atoms with van der Waals surface area (Å²) in [6.45, 7) is 1.23. The minimum atomic E-state index is -0.559. The Morgan fingerprint density at radius 3 is 3.05 bits per heavy atom. The van der Waals surface area contributed by atoms with Gasteiger partial charge >= 0.3 is 0 Å². The Morgan fingerprint density at radius 2 is 2.25 bits per heavy atom. The second-order valence-corrected chi connectivity index (χ2v) is 6.28. The van der Waals surface area contributed by atoms with E-state index in [-0.39, 0.29) is 11.8 Å². The summed E-state index contributed by atoms with van der Waals surface area (Å²) in [7, 11) is 0. The molecular formula is C15H19ClN2O2. The van der Waals surface area contributed by atoms with Crippen LogP contribution in [0.2, 0.25) is 5.15 Å². The fourth-order valence-corrected chi connectivity index (χ4v) is 3.61. The Bertz CT molecular complexity index is 522. The molecule has 1 aromatic rings. The van der Waals surface area contributed by atoms with Gasteiger partial charge in [-0.1, -0.05) is 30.5 Å². The van der Waals surface area contributed by atoms with Crippen LogP contribution < -0.4 is 0 Å². The maximum atomic E-state index is 12.5. The summed E-state index contributed by atoms with van der Waals surface area (Å²) in [6, 6.07) is 5.09. The third-order valence-corrected chi connectivity index (χ3v) is 4.86. The number of nitrogens with zero attached hydrogens (tertiary/aromatic N) is 2. The van der Waals surface area contributed by atoms with Gasteiger partial charge in [0.25, 0.3) is 5.91 Å². The van der Waals surface area contributed by atoms with Crippen LogP contribution in [0.1, 0.15) is 42.6 Å². The molecule has 20 heavy (non-hydrogen) atoms. The Hall–Kier alpha value is -1.13. The quantitative estimate of drug-likeness (QED) is 0.810. The van der Waals surface area contributed by atoms with Crippen molar-refractivity contribution in [2.45, 2.75) is 37.7 Å². The molecule has 4 nitrogen and oxygen atoms in total. The Labute approximate surface area is 123 Å². The van der Waals surface area contributed by atoms with Gasteiger partial charge < -0.3 is 10.0 Å². The third kappa shape index (κ3) is 2.54. The first kappa shape index (κ1) is 13.8. The molecule has 1 amide bonds. The normalized spacial score (nSPS) is 29.9. The van der Waals surface area contributed by atoms with Gasteiger partial charge in [-0.15, -0.1) is 0 Å². The van der Waals surface area contributed by atoms with Crippen molar-refractivity contribution in [3.8, 4) is 0 Å². The lowest BCUT2D eigenvalue weighted by molar-refractivity contribution is -0.0886. The first-order chi connectivity index (χ1) is 9.58. The highest BCUT2D eigenvalue weighted by atomic mass is 35.5. The molecule has 0 bridgehead atoms. The number of amides is 1. The van der Waals surface area contributed by atoms with Gasteiger partial charge in [-0.25, -0.2) is 4.98 Å². The van der Waals surface area contributed by atoms with Crippen LogP contribution in [0, 0.1) is 5.92 Å². The van der Waals surface area contributed by atoms with Gasteiger partial charge in [0.1, 0.15) is 10.8 Å². The minimum Gasteiger partial charge on any atom is -0.389 e. The molecule has 1 saturated carbocycles. The highest BCUT2D eigenvalue weighted by Gasteiger charge is 2.43. The van der Waals surface area contributed by atoms with Crippen LogP contribution in [-0.4, -0.2) is 39.6 Å². The van der Waals surface area contributed by atoms with E-state index in [9.17, 15) is 9.90 Å². The van der Waals surface area contributed by atoms with E-state index in [1.54, 1.807) is 18.2 Å². The van der Waals surface area contributed by atoms with Gasteiger partial charge in [0.05, 0.1) is 5.60 Å². The largest absolute Gasteiger partial charge is 0.389 e. The summed E-state index contributed by atoms with van der Waals surface area (Å²) in [6.07, 6.45) is 4.78. The summed E-state index contributed by atoms with van der Waals surface area (Å²) in [5.41, 5.74) is -0.171. The maximum absolute atomic E-state index is 12.5. The number of likely N-dealkylation sites (tertiary alicyclic amines) is 1. The van der Waals surface area contributed by atoms with Crippen molar-refractivity contribution in [3.63, 3.8) is 0 Å². The monoisotopic (exact) mass is 294 g/mol. The summed E-state index contributed by atoms with van der Waals surface area (Å²) in [5.74, 6) is 0.119. The molecule has 2 atom stereocenters. The fraction of sp³-hybridized carbons (Fsp3) is 0.600. The average molecular weight is 295 g/mol. The molecular weight excluding hydrogens is 276 g/mol. The number of carbonyl (C=O) groups excluding carboxylic acids is 1. The molecule has 3 rings (SSSR count). The van der Waals surface area contributed by atoms with E-state index in [2.05, 4.69) is 4.98 Å². The maximum Gasteiger partial charge on any atom is 0.272 e. The number of rotatable bonds is 1. The Balaban J connectivity index is 1.74. The number of pyridine rings is 1. The smallest absolute Gasteiger partial charge is 0.272 e. The molecule has 0 aromatic carbocycles. The van der Waals surface area contributed by atoms with Crippen LogP contribution in [-0.2, 0) is 0 Å². The van der Waals surface area contributed by atoms with E-state index in [1.165, 1.54) is 0 Å². The second-order valence-electron chi connectivity index (χ2n) is 5.89. The molecule has 5 heteroatoms. The van der Waals surface area contributed by atoms with Crippen molar-refractivity contribution in [1.82, 2.24) is 9.88 Å². The fourth-order valence-electron chi connectivity index (χ4n) is 3.44. The van der Waals surface area contributed by atoms with Crippen LogP contribution in [0.15, 0.2) is 18.2 Å². The van der Waals surface area contributed by atoms with Gasteiger partial charge in [0, 0.05) is 19.0 Å². The van der Waals surface area contributed by atoms with Gasteiger partial charge in [-0.3, -0.25) is 4.79 Å². The zero-order chi connectivity index (χ0) is 14.2. The van der Waals surface area contributed by atoms with E-state index in [0.717, 1.165) is 25.7 Å². The topological polar surface area (TPSA) is 53.4 Å². The zero-order valence-electron chi connectivity index (χ0n) is 11.4. The van der Waals surface area contributed by atoms with E-state index >= 15 is 0 Å². The van der Waals surface area contributed by atoms with Crippen molar-refractivity contribution < 1.29 is 9.90 Å². The van der Waals surface area contributed by atoms with Crippen LogP contribution in [0.25, 0.3) is 0 Å². The van der Waals surface area contributed by atoms with Gasteiger partial charge in [-0.05, 0) is 31.4 Å². The highest BCUT2D eigenvalue weighted by molar-refractivity contribution is 6.29. The van der Waals surface area contributed by atoms with E-state index in [4.69, 9.17) is 11.6 Å². The molecule has 2 heterocycles. The second kappa shape index (κ2) is 5.34. The summed E-state index contributed by atoms with van der Waals surface area (Å²) < 4.78 is 0. The number of fused-ring (bicyclic) bond motifs is 1. The lowest BCUT2D eigenvalue weighted by atomic mass is 9.71. The predicted molar refractivity (Wildman–Crippen MR) is 76.7 cm³/mol. The van der Waals surface area contributed by atoms with Crippen molar-refractivity contribution >= 4 is 17.5 Å². The molecule has 2 unspecified atom stereocenters. The number of piperidine rings is 1. The number of hydrogen-bond donors (Lipinski definition) is 1. The van der Waals surface area contributed by atoms with E-state index < -0.39 is 5.60 Å². The number of carbonyl (C=O) groups is 1. The first-order valence-corrected chi connectivity index (χ1v) is 7.60. The summed E-state index contributed by atoms with van der Waals surface area (Å²) in [4.78, 5) is 18.3. The van der Waals surface area contributed by atoms with Crippen LogP contribution in [0.3, 0.4) is 0 Å². The van der Waals surface area contributed by atoms with Crippen LogP contribution in [0.4, 0.5) is 0 Å². The molecule has 2 aliphatic rings. The number of aliphatic hydroxyl groups is 1. The van der Waals surface area contributed by atoms with Gasteiger partial charge in [0.15, 0.2) is 0 Å². The number of hydrogen-bond acceptors (Lipinski definition) is 3. The first-order valence-electron chi connectivity index (χ1n) is 7.23. The predicted octanol–water partition coefficient (Wildman–Crippen LogP) is 2.50. The molecule has 0 radical (unpaired) electrons.